The van der Waals surface area contributed by atoms with Gasteiger partial charge in [0.15, 0.2) is 0 Å². The molecule has 8 nitrogen and oxygen atoms in total. The average molecular weight is 492 g/mol. The first-order valence-electron chi connectivity index (χ1n) is 10.4. The van der Waals surface area contributed by atoms with Crippen LogP contribution < -0.4 is 5.63 Å². The van der Waals surface area contributed by atoms with E-state index in [4.69, 9.17) is 25.5 Å². The van der Waals surface area contributed by atoms with Crippen LogP contribution in [0.4, 0.5) is 0 Å². The van der Waals surface area contributed by atoms with E-state index in [0.29, 0.717) is 16.5 Å². The molecule has 0 aliphatic carbocycles. The molecular formula is C23H22ClNO7S. The predicted octanol–water partition coefficient (Wildman–Crippen LogP) is 3.39. The van der Waals surface area contributed by atoms with Gasteiger partial charge in [0.1, 0.15) is 17.1 Å². The summed E-state index contributed by atoms with van der Waals surface area (Å²) in [6.07, 6.45) is 0.783. The monoisotopic (exact) mass is 491 g/mol. The van der Waals surface area contributed by atoms with Crippen LogP contribution in [-0.4, -0.2) is 45.0 Å². The molecule has 4 rings (SSSR count). The summed E-state index contributed by atoms with van der Waals surface area (Å²) in [6.45, 7) is 2.80. The molecule has 0 N–H and O–H groups in total. The third-order valence-electron chi connectivity index (χ3n) is 5.42. The first-order valence-corrected chi connectivity index (χ1v) is 12.2. The largest absolute Gasteiger partial charge is 0.457 e. The van der Waals surface area contributed by atoms with Crippen LogP contribution in [0.1, 0.15) is 28.4 Å². The number of hydrogen-bond donors (Lipinski definition) is 0. The number of benzene rings is 2. The summed E-state index contributed by atoms with van der Waals surface area (Å²) in [5, 5.41) is 0.669. The van der Waals surface area contributed by atoms with Gasteiger partial charge >= 0.3 is 11.6 Å². The molecule has 0 atom stereocenters. The molecule has 0 amide bonds. The molecule has 1 aliphatic rings. The first kappa shape index (κ1) is 23.4. The molecule has 1 fully saturated rings. The fourth-order valence-corrected chi connectivity index (χ4v) is 5.50. The normalized spacial score (nSPS) is 15.0. The van der Waals surface area contributed by atoms with Crippen LogP contribution in [0, 0.1) is 0 Å². The number of hydrogen-bond acceptors (Lipinski definition) is 7. The number of aryl methyl sites for hydroxylation is 1. The van der Waals surface area contributed by atoms with E-state index in [0.717, 1.165) is 12.0 Å². The van der Waals surface area contributed by atoms with Crippen LogP contribution in [0.5, 0.6) is 0 Å². The number of morpholine rings is 1. The number of carbonyl (C=O) groups is 1. The van der Waals surface area contributed by atoms with E-state index in [1.807, 2.05) is 19.1 Å². The predicted molar refractivity (Wildman–Crippen MR) is 122 cm³/mol. The zero-order chi connectivity index (χ0) is 23.6. The highest BCUT2D eigenvalue weighted by atomic mass is 35.5. The molecule has 0 spiro atoms. The number of sulfonamides is 1. The molecule has 0 unspecified atom stereocenters. The number of esters is 1. The maximum atomic E-state index is 13.0. The molecule has 1 aromatic heterocycles. The van der Waals surface area contributed by atoms with E-state index in [9.17, 15) is 18.0 Å². The Balaban J connectivity index is 1.58. The minimum atomic E-state index is -3.90. The zero-order valence-electron chi connectivity index (χ0n) is 17.9. The Kier molecular flexibility index (Phi) is 6.85. The van der Waals surface area contributed by atoms with Crippen LogP contribution in [0.25, 0.3) is 11.0 Å². The molecule has 2 aromatic carbocycles. The quantitative estimate of drug-likeness (QED) is 0.384. The highest BCUT2D eigenvalue weighted by molar-refractivity contribution is 7.89. The van der Waals surface area contributed by atoms with Crippen molar-refractivity contribution in [2.45, 2.75) is 24.8 Å². The van der Waals surface area contributed by atoms with Crippen molar-refractivity contribution < 1.29 is 27.1 Å². The van der Waals surface area contributed by atoms with Gasteiger partial charge in [0.25, 0.3) is 0 Å². The van der Waals surface area contributed by atoms with Crippen LogP contribution in [-0.2, 0) is 32.5 Å². The lowest BCUT2D eigenvalue weighted by molar-refractivity contribution is 0.0473. The van der Waals surface area contributed by atoms with E-state index in [2.05, 4.69) is 0 Å². The van der Waals surface area contributed by atoms with Crippen LogP contribution in [0.2, 0.25) is 5.02 Å². The fraction of sp³-hybridized carbons (Fsp3) is 0.304. The zero-order valence-corrected chi connectivity index (χ0v) is 19.4. The Morgan fingerprint density at radius 1 is 1.12 bits per heavy atom. The van der Waals surface area contributed by atoms with Crippen LogP contribution in [0.15, 0.2) is 56.6 Å². The second-order valence-corrected chi connectivity index (χ2v) is 9.83. The van der Waals surface area contributed by atoms with Gasteiger partial charge in [-0.05, 0) is 36.2 Å². The summed E-state index contributed by atoms with van der Waals surface area (Å²) < 4.78 is 43.1. The standard InChI is InChI=1S/C23H22ClNO7S/c1-2-15-3-5-18-17(13-22(26)32-20(18)11-15)14-31-23(27)16-4-6-19(24)21(12-16)33(28,29)25-7-9-30-10-8-25/h3-6,11-13H,2,7-10,14H2,1H3. The molecule has 0 bridgehead atoms. The molecule has 3 aromatic rings. The van der Waals surface area contributed by atoms with Crippen molar-refractivity contribution in [2.75, 3.05) is 26.3 Å². The molecule has 2 heterocycles. The second kappa shape index (κ2) is 9.64. The van der Waals surface area contributed by atoms with Crippen LogP contribution >= 0.6 is 11.6 Å². The summed E-state index contributed by atoms with van der Waals surface area (Å²) in [5.74, 6) is -0.739. The smallest absolute Gasteiger partial charge is 0.338 e. The molecular weight excluding hydrogens is 470 g/mol. The second-order valence-electron chi connectivity index (χ2n) is 7.51. The van der Waals surface area contributed by atoms with Gasteiger partial charge in [0, 0.05) is 30.1 Å². The molecule has 174 valence electrons. The van der Waals surface area contributed by atoms with Gasteiger partial charge in [0.05, 0.1) is 23.8 Å². The van der Waals surface area contributed by atoms with Crippen molar-refractivity contribution in [3.8, 4) is 0 Å². The first-order chi connectivity index (χ1) is 15.8. The van der Waals surface area contributed by atoms with Gasteiger partial charge in [-0.15, -0.1) is 0 Å². The van der Waals surface area contributed by atoms with Crippen LogP contribution in [0.3, 0.4) is 0 Å². The summed E-state index contributed by atoms with van der Waals surface area (Å²) in [6, 6.07) is 10.7. The number of carbonyl (C=O) groups excluding carboxylic acids is 1. The van der Waals surface area contributed by atoms with E-state index < -0.39 is 21.6 Å². The van der Waals surface area contributed by atoms with Crippen molar-refractivity contribution >= 4 is 38.6 Å². The van der Waals surface area contributed by atoms with Gasteiger partial charge < -0.3 is 13.9 Å². The Morgan fingerprint density at radius 2 is 1.88 bits per heavy atom. The van der Waals surface area contributed by atoms with Gasteiger partial charge in [-0.1, -0.05) is 30.7 Å². The molecule has 10 heteroatoms. The minimum absolute atomic E-state index is 0.0106. The summed E-state index contributed by atoms with van der Waals surface area (Å²) >= 11 is 6.15. The number of rotatable bonds is 6. The summed E-state index contributed by atoms with van der Waals surface area (Å²) in [4.78, 5) is 24.5. The third kappa shape index (κ3) is 4.96. The Morgan fingerprint density at radius 3 is 2.61 bits per heavy atom. The molecule has 0 radical (unpaired) electrons. The number of nitrogens with zero attached hydrogens (tertiary/aromatic N) is 1. The van der Waals surface area contributed by atoms with Crippen molar-refractivity contribution in [3.63, 3.8) is 0 Å². The van der Waals surface area contributed by atoms with Crippen molar-refractivity contribution in [1.29, 1.82) is 0 Å². The highest BCUT2D eigenvalue weighted by Crippen LogP contribution is 2.27. The SMILES string of the molecule is CCc1ccc2c(COC(=O)c3ccc(Cl)c(S(=O)(=O)N4CCOCC4)c3)cc(=O)oc2c1. The van der Waals surface area contributed by atoms with E-state index in [-0.39, 0.29) is 48.4 Å². The van der Waals surface area contributed by atoms with Gasteiger partial charge in [-0.25, -0.2) is 18.0 Å². The molecule has 1 saturated heterocycles. The maximum Gasteiger partial charge on any atom is 0.338 e. The number of fused-ring (bicyclic) bond motifs is 1. The molecule has 0 saturated carbocycles. The fourth-order valence-electron chi connectivity index (χ4n) is 3.59. The van der Waals surface area contributed by atoms with E-state index in [1.54, 1.807) is 6.07 Å². The van der Waals surface area contributed by atoms with Gasteiger partial charge in [0.2, 0.25) is 10.0 Å². The Hall–Kier alpha value is -2.72. The minimum Gasteiger partial charge on any atom is -0.457 e. The highest BCUT2D eigenvalue weighted by Gasteiger charge is 2.29. The third-order valence-corrected chi connectivity index (χ3v) is 7.80. The van der Waals surface area contributed by atoms with E-state index >= 15 is 0 Å². The number of halogens is 1. The van der Waals surface area contributed by atoms with Gasteiger partial charge in [-0.2, -0.15) is 4.31 Å². The lowest BCUT2D eigenvalue weighted by atomic mass is 10.1. The Bertz CT molecular complexity index is 1360. The lowest BCUT2D eigenvalue weighted by Gasteiger charge is -2.26. The topological polar surface area (TPSA) is 103 Å². The number of ether oxygens (including phenoxy) is 2. The van der Waals surface area contributed by atoms with E-state index in [1.165, 1.54) is 28.6 Å². The average Bonchev–Trinajstić information content (AvgIpc) is 2.82. The maximum absolute atomic E-state index is 13.0. The van der Waals surface area contributed by atoms with Crippen molar-refractivity contribution in [1.82, 2.24) is 4.31 Å². The summed E-state index contributed by atoms with van der Waals surface area (Å²) in [5.41, 5.74) is 1.40. The Labute approximate surface area is 195 Å². The molecule has 33 heavy (non-hydrogen) atoms. The van der Waals surface area contributed by atoms with Gasteiger partial charge in [-0.3, -0.25) is 0 Å². The summed E-state index contributed by atoms with van der Waals surface area (Å²) in [7, 11) is -3.90. The lowest BCUT2D eigenvalue weighted by Crippen LogP contribution is -2.40. The van der Waals surface area contributed by atoms with Crippen molar-refractivity contribution in [2.24, 2.45) is 0 Å². The van der Waals surface area contributed by atoms with Crippen molar-refractivity contribution in [3.05, 3.63) is 74.6 Å². The molecule has 1 aliphatic heterocycles.